The van der Waals surface area contributed by atoms with Crippen molar-refractivity contribution in [1.82, 2.24) is 19.6 Å². The van der Waals surface area contributed by atoms with E-state index in [1.54, 1.807) is 25.1 Å². The predicted molar refractivity (Wildman–Crippen MR) is 117 cm³/mol. The van der Waals surface area contributed by atoms with Crippen LogP contribution in [0.5, 0.6) is 0 Å². The molecule has 0 spiro atoms. The molecule has 0 unspecified atom stereocenters. The van der Waals surface area contributed by atoms with Crippen LogP contribution in [0.3, 0.4) is 0 Å². The number of nitrogens with zero attached hydrogens (tertiary/aromatic N) is 4. The molecule has 1 saturated heterocycles. The van der Waals surface area contributed by atoms with Gasteiger partial charge < -0.3 is 24.2 Å². The summed E-state index contributed by atoms with van der Waals surface area (Å²) in [5.41, 5.74) is 0.764. The first-order valence-electron chi connectivity index (χ1n) is 9.84. The van der Waals surface area contributed by atoms with Crippen LogP contribution >= 0.6 is 22.9 Å². The molecule has 1 fully saturated rings. The topological polar surface area (TPSA) is 122 Å². The molecule has 170 valence electrons. The molecule has 1 aliphatic heterocycles. The van der Waals surface area contributed by atoms with E-state index < -0.39 is 23.8 Å². The summed E-state index contributed by atoms with van der Waals surface area (Å²) in [6, 6.07) is 6.34. The average molecular weight is 491 g/mol. The molecule has 33 heavy (non-hydrogen) atoms. The molecular weight excluding hydrogens is 475 g/mol. The maximum Gasteiger partial charge on any atom is 0.372 e. The maximum absolute atomic E-state index is 14.9. The molecule has 1 aromatic carbocycles. The standard InChI is InChI=1S/C21H16ClFN4O5S/c1-9-4-12(23)16(20(29)26-7-11(28)8-26)17-18(9)27(19(24-17)21(30)31)6-10-5-13(32-25-10)14-2-3-15(22)33-14/h2-5,11,28H,6-8H2,1H3,(H,30,31). The van der Waals surface area contributed by atoms with Crippen molar-refractivity contribution in [2.75, 3.05) is 13.1 Å². The number of hydrogen-bond donors (Lipinski definition) is 2. The summed E-state index contributed by atoms with van der Waals surface area (Å²) < 4.78 is 22.2. The Bertz CT molecular complexity index is 1420. The van der Waals surface area contributed by atoms with Crippen molar-refractivity contribution in [2.24, 2.45) is 0 Å². The number of aromatic nitrogens is 3. The number of benzene rings is 1. The van der Waals surface area contributed by atoms with Gasteiger partial charge in [-0.25, -0.2) is 14.2 Å². The predicted octanol–water partition coefficient (Wildman–Crippen LogP) is 3.42. The van der Waals surface area contributed by atoms with Gasteiger partial charge in [-0.15, -0.1) is 11.3 Å². The molecule has 0 bridgehead atoms. The van der Waals surface area contributed by atoms with E-state index in [4.69, 9.17) is 16.1 Å². The van der Waals surface area contributed by atoms with Crippen LogP contribution in [0.1, 0.15) is 32.2 Å². The van der Waals surface area contributed by atoms with E-state index in [2.05, 4.69) is 10.1 Å². The Morgan fingerprint density at radius 2 is 2.09 bits per heavy atom. The highest BCUT2D eigenvalue weighted by Crippen LogP contribution is 2.33. The lowest BCUT2D eigenvalue weighted by Crippen LogP contribution is -2.53. The Morgan fingerprint density at radius 1 is 1.33 bits per heavy atom. The van der Waals surface area contributed by atoms with Crippen LogP contribution in [0.25, 0.3) is 21.7 Å². The second kappa shape index (κ2) is 7.94. The minimum atomic E-state index is -1.34. The summed E-state index contributed by atoms with van der Waals surface area (Å²) in [7, 11) is 0. The average Bonchev–Trinajstić information content (AvgIpc) is 3.44. The van der Waals surface area contributed by atoms with Crippen LogP contribution in [0.15, 0.2) is 28.8 Å². The molecule has 0 atom stereocenters. The number of carbonyl (C=O) groups is 2. The SMILES string of the molecule is Cc1cc(F)c(C(=O)N2CC(O)C2)c2nc(C(=O)O)n(Cc3cc(-c4ccc(Cl)s4)on3)c12. The van der Waals surface area contributed by atoms with Gasteiger partial charge in [-0.3, -0.25) is 4.79 Å². The third-order valence-corrected chi connectivity index (χ3v) is 6.66. The van der Waals surface area contributed by atoms with Crippen LogP contribution < -0.4 is 0 Å². The monoisotopic (exact) mass is 490 g/mol. The van der Waals surface area contributed by atoms with Gasteiger partial charge in [0.15, 0.2) is 5.76 Å². The van der Waals surface area contributed by atoms with Crippen molar-refractivity contribution < 1.29 is 28.7 Å². The molecular formula is C21H16ClFN4O5S. The summed E-state index contributed by atoms with van der Waals surface area (Å²) >= 11 is 7.28. The highest BCUT2D eigenvalue weighted by atomic mass is 35.5. The highest BCUT2D eigenvalue weighted by Gasteiger charge is 2.34. The lowest BCUT2D eigenvalue weighted by molar-refractivity contribution is 0.00571. The number of aliphatic hydroxyl groups is 1. The van der Waals surface area contributed by atoms with Gasteiger partial charge in [0.05, 0.1) is 27.4 Å². The molecule has 5 rings (SSSR count). The fraction of sp³-hybridized carbons (Fsp3) is 0.238. The van der Waals surface area contributed by atoms with Gasteiger partial charge in [-0.1, -0.05) is 16.8 Å². The molecule has 0 saturated carbocycles. The summed E-state index contributed by atoms with van der Waals surface area (Å²) in [6.07, 6.45) is -0.662. The van der Waals surface area contributed by atoms with Crippen molar-refractivity contribution in [2.45, 2.75) is 19.6 Å². The van der Waals surface area contributed by atoms with Gasteiger partial charge in [-0.2, -0.15) is 0 Å². The third kappa shape index (κ3) is 3.67. The number of likely N-dealkylation sites (tertiary alicyclic amines) is 1. The molecule has 9 nitrogen and oxygen atoms in total. The zero-order chi connectivity index (χ0) is 23.4. The quantitative estimate of drug-likeness (QED) is 0.439. The number of rotatable bonds is 5. The number of carbonyl (C=O) groups excluding carboxylic acids is 1. The van der Waals surface area contributed by atoms with Crippen LogP contribution in [0.4, 0.5) is 4.39 Å². The van der Waals surface area contributed by atoms with Crippen molar-refractivity contribution in [3.05, 3.63) is 57.1 Å². The van der Waals surface area contributed by atoms with Gasteiger partial charge in [0.1, 0.15) is 22.6 Å². The van der Waals surface area contributed by atoms with E-state index in [1.165, 1.54) is 26.9 Å². The van der Waals surface area contributed by atoms with E-state index in [9.17, 15) is 24.2 Å². The molecule has 1 aliphatic rings. The number of aliphatic hydroxyl groups excluding tert-OH is 1. The Morgan fingerprint density at radius 3 is 2.73 bits per heavy atom. The van der Waals surface area contributed by atoms with Crippen LogP contribution in [0, 0.1) is 12.7 Å². The minimum absolute atomic E-state index is 0.0245. The van der Waals surface area contributed by atoms with E-state index in [0.717, 1.165) is 4.88 Å². The largest absolute Gasteiger partial charge is 0.475 e. The number of amides is 1. The van der Waals surface area contributed by atoms with Crippen molar-refractivity contribution in [3.8, 4) is 10.6 Å². The summed E-state index contributed by atoms with van der Waals surface area (Å²) in [6.45, 7) is 1.74. The van der Waals surface area contributed by atoms with Crippen molar-refractivity contribution in [1.29, 1.82) is 0 Å². The Kier molecular flexibility index (Phi) is 5.19. The summed E-state index contributed by atoms with van der Waals surface area (Å²) in [5.74, 6) is -2.68. The van der Waals surface area contributed by atoms with Crippen molar-refractivity contribution >= 4 is 45.8 Å². The molecule has 4 aromatic rings. The lowest BCUT2D eigenvalue weighted by atomic mass is 10.0. The molecule has 0 aliphatic carbocycles. The van der Waals surface area contributed by atoms with Gasteiger partial charge in [-0.05, 0) is 30.7 Å². The number of carboxylic acid groups (broad SMARTS) is 1. The number of thiophene rings is 1. The highest BCUT2D eigenvalue weighted by molar-refractivity contribution is 7.19. The van der Waals surface area contributed by atoms with E-state index in [-0.39, 0.29) is 36.5 Å². The van der Waals surface area contributed by atoms with Crippen LogP contribution in [0.2, 0.25) is 4.34 Å². The number of aromatic carboxylic acids is 1. The first-order valence-corrected chi connectivity index (χ1v) is 11.0. The minimum Gasteiger partial charge on any atom is -0.475 e. The number of hydrogen-bond acceptors (Lipinski definition) is 7. The van der Waals surface area contributed by atoms with E-state index in [0.29, 0.717) is 26.9 Å². The Labute approximate surface area is 194 Å². The normalized spacial score (nSPS) is 14.1. The molecule has 3 aromatic heterocycles. The number of fused-ring (bicyclic) bond motifs is 1. The maximum atomic E-state index is 14.9. The first-order chi connectivity index (χ1) is 15.7. The first kappa shape index (κ1) is 21.6. The summed E-state index contributed by atoms with van der Waals surface area (Å²) in [5, 5.41) is 23.3. The number of halogens is 2. The van der Waals surface area contributed by atoms with Crippen LogP contribution in [-0.4, -0.2) is 60.9 Å². The van der Waals surface area contributed by atoms with Crippen molar-refractivity contribution in [3.63, 3.8) is 0 Å². The van der Waals surface area contributed by atoms with E-state index in [1.807, 2.05) is 0 Å². The fourth-order valence-electron chi connectivity index (χ4n) is 3.88. The molecule has 1 amide bonds. The summed E-state index contributed by atoms with van der Waals surface area (Å²) in [4.78, 5) is 31.0. The second-order valence-electron chi connectivity index (χ2n) is 7.72. The molecule has 4 heterocycles. The van der Waals surface area contributed by atoms with Gasteiger partial charge >= 0.3 is 5.97 Å². The number of β-amino-alcohol motifs (C(OH)–C–C–N with tert-alkyl or cyclic N) is 1. The van der Waals surface area contributed by atoms with Gasteiger partial charge in [0, 0.05) is 19.2 Å². The van der Waals surface area contributed by atoms with Gasteiger partial charge in [0.25, 0.3) is 5.91 Å². The van der Waals surface area contributed by atoms with Crippen LogP contribution in [-0.2, 0) is 6.54 Å². The Balaban J connectivity index is 1.61. The number of aryl methyl sites for hydroxylation is 1. The third-order valence-electron chi connectivity index (χ3n) is 5.41. The fourth-order valence-corrected chi connectivity index (χ4v) is 4.87. The number of imidazole rings is 1. The Hall–Kier alpha value is -3.28. The van der Waals surface area contributed by atoms with E-state index >= 15 is 0 Å². The zero-order valence-electron chi connectivity index (χ0n) is 17.1. The smallest absolute Gasteiger partial charge is 0.372 e. The van der Waals surface area contributed by atoms with Gasteiger partial charge in [0.2, 0.25) is 5.82 Å². The lowest BCUT2D eigenvalue weighted by Gasteiger charge is -2.36. The number of carboxylic acids is 1. The zero-order valence-corrected chi connectivity index (χ0v) is 18.7. The molecule has 2 N–H and O–H groups in total. The second-order valence-corrected chi connectivity index (χ2v) is 9.44. The molecule has 0 radical (unpaired) electrons. The molecule has 12 heteroatoms.